The molecule has 0 rings (SSSR count). The summed E-state index contributed by atoms with van der Waals surface area (Å²) in [7, 11) is 0. The van der Waals surface area contributed by atoms with Crippen LogP contribution in [0.1, 0.15) is 33.1 Å². The smallest absolute Gasteiger partial charge is 0.0822 e. The predicted molar refractivity (Wildman–Crippen MR) is 51.6 cm³/mol. The molecule has 0 aliphatic heterocycles. The summed E-state index contributed by atoms with van der Waals surface area (Å²) < 4.78 is 0. The molecule has 2 heteroatoms. The van der Waals surface area contributed by atoms with Crippen molar-refractivity contribution in [1.82, 2.24) is 0 Å². The molecule has 0 N–H and O–H groups in total. The average Bonchev–Trinajstić information content (AvgIpc) is 1.96. The predicted octanol–water partition coefficient (Wildman–Crippen LogP) is 2.98. The van der Waals surface area contributed by atoms with Gasteiger partial charge in [-0.05, 0) is 30.3 Å². The van der Waals surface area contributed by atoms with E-state index in [0.29, 0.717) is 0 Å². The molecule has 0 unspecified atom stereocenters. The summed E-state index contributed by atoms with van der Waals surface area (Å²) in [5, 5.41) is 10.1. The maximum Gasteiger partial charge on any atom is 0.0822 e. The van der Waals surface area contributed by atoms with Crippen LogP contribution in [-0.2, 0) is 5.11 Å². The van der Waals surface area contributed by atoms with Gasteiger partial charge >= 0.3 is 0 Å². The summed E-state index contributed by atoms with van der Waals surface area (Å²) in [5.74, 6) is 3.30. The molecule has 0 aliphatic carbocycles. The molecule has 11 heavy (non-hydrogen) atoms. The Morgan fingerprint density at radius 3 is 2.45 bits per heavy atom. The fourth-order valence-corrected chi connectivity index (χ4v) is 1.85. The summed E-state index contributed by atoms with van der Waals surface area (Å²) in [6.45, 7) is 4.59. The van der Waals surface area contributed by atoms with E-state index >= 15 is 0 Å². The zero-order chi connectivity index (χ0) is 8.53. The lowest BCUT2D eigenvalue weighted by molar-refractivity contribution is 0.186. The Labute approximate surface area is 74.6 Å². The molecule has 0 atom stereocenters. The summed E-state index contributed by atoms with van der Waals surface area (Å²) in [4.78, 5) is 0. The molecule has 0 heterocycles. The molecule has 0 bridgehead atoms. The summed E-state index contributed by atoms with van der Waals surface area (Å²) in [5.41, 5.74) is 0. The molecule has 0 saturated heterocycles. The van der Waals surface area contributed by atoms with Gasteiger partial charge in [-0.25, -0.2) is 5.11 Å². The summed E-state index contributed by atoms with van der Waals surface area (Å²) >= 11 is 2.01. The minimum Gasteiger partial charge on any atom is -0.237 e. The van der Waals surface area contributed by atoms with E-state index in [0.717, 1.165) is 18.8 Å². The van der Waals surface area contributed by atoms with Gasteiger partial charge in [0, 0.05) is 0 Å². The van der Waals surface area contributed by atoms with E-state index in [2.05, 4.69) is 13.8 Å². The largest absolute Gasteiger partial charge is 0.237 e. The fourth-order valence-electron chi connectivity index (χ4n) is 0.802. The third-order valence-electron chi connectivity index (χ3n) is 1.38. The zero-order valence-electron chi connectivity index (χ0n) is 7.64. The average molecular weight is 175 g/mol. The van der Waals surface area contributed by atoms with E-state index in [9.17, 15) is 5.11 Å². The normalized spacial score (nSPS) is 10.9. The molecular formula is C9H19OS. The Morgan fingerprint density at radius 2 is 1.91 bits per heavy atom. The highest BCUT2D eigenvalue weighted by atomic mass is 32.2. The highest BCUT2D eigenvalue weighted by Gasteiger charge is 1.93. The van der Waals surface area contributed by atoms with Gasteiger partial charge in [0.1, 0.15) is 0 Å². The SMILES string of the molecule is CC(C)CSCCCCC[O]. The van der Waals surface area contributed by atoms with Crippen LogP contribution < -0.4 is 0 Å². The van der Waals surface area contributed by atoms with Crippen molar-refractivity contribution in [3.05, 3.63) is 0 Å². The van der Waals surface area contributed by atoms with Gasteiger partial charge in [0.25, 0.3) is 0 Å². The molecule has 1 radical (unpaired) electrons. The Kier molecular flexibility index (Phi) is 8.64. The number of rotatable bonds is 7. The van der Waals surface area contributed by atoms with E-state index in [-0.39, 0.29) is 6.61 Å². The molecule has 0 aromatic carbocycles. The molecule has 0 aliphatic rings. The Bertz CT molecular complexity index is 74.0. The van der Waals surface area contributed by atoms with Crippen LogP contribution in [0.3, 0.4) is 0 Å². The first-order chi connectivity index (χ1) is 5.27. The van der Waals surface area contributed by atoms with Gasteiger partial charge in [-0.15, -0.1) is 0 Å². The van der Waals surface area contributed by atoms with Crippen LogP contribution in [0.15, 0.2) is 0 Å². The second-order valence-corrected chi connectivity index (χ2v) is 4.38. The minimum atomic E-state index is 0.106. The first-order valence-corrected chi connectivity index (χ1v) is 5.58. The van der Waals surface area contributed by atoms with Crippen molar-refractivity contribution >= 4 is 11.8 Å². The second kappa shape index (κ2) is 8.41. The van der Waals surface area contributed by atoms with E-state index in [4.69, 9.17) is 0 Å². The lowest BCUT2D eigenvalue weighted by atomic mass is 10.3. The second-order valence-electron chi connectivity index (χ2n) is 3.23. The van der Waals surface area contributed by atoms with E-state index < -0.39 is 0 Å². The molecule has 0 saturated carbocycles. The minimum absolute atomic E-state index is 0.106. The van der Waals surface area contributed by atoms with E-state index in [1.54, 1.807) is 0 Å². The first-order valence-electron chi connectivity index (χ1n) is 4.43. The van der Waals surface area contributed by atoms with Crippen LogP contribution in [0.25, 0.3) is 0 Å². The van der Waals surface area contributed by atoms with Gasteiger partial charge < -0.3 is 0 Å². The van der Waals surface area contributed by atoms with Crippen molar-refractivity contribution in [2.45, 2.75) is 33.1 Å². The van der Waals surface area contributed by atoms with Gasteiger partial charge in [-0.2, -0.15) is 11.8 Å². The van der Waals surface area contributed by atoms with Crippen molar-refractivity contribution in [3.8, 4) is 0 Å². The van der Waals surface area contributed by atoms with E-state index in [1.165, 1.54) is 17.9 Å². The van der Waals surface area contributed by atoms with Crippen molar-refractivity contribution < 1.29 is 5.11 Å². The van der Waals surface area contributed by atoms with Crippen LogP contribution in [0.2, 0.25) is 0 Å². The van der Waals surface area contributed by atoms with E-state index in [1.807, 2.05) is 11.8 Å². The molecule has 0 aromatic rings. The first kappa shape index (κ1) is 11.3. The maximum atomic E-state index is 10.1. The molecule has 1 nitrogen and oxygen atoms in total. The zero-order valence-corrected chi connectivity index (χ0v) is 8.45. The van der Waals surface area contributed by atoms with Crippen LogP contribution in [0.4, 0.5) is 0 Å². The van der Waals surface area contributed by atoms with Gasteiger partial charge in [0.2, 0.25) is 0 Å². The molecular weight excluding hydrogens is 156 g/mol. The van der Waals surface area contributed by atoms with Gasteiger partial charge in [0.15, 0.2) is 0 Å². The van der Waals surface area contributed by atoms with Gasteiger partial charge in [-0.3, -0.25) is 0 Å². The number of thioether (sulfide) groups is 1. The van der Waals surface area contributed by atoms with Gasteiger partial charge in [0.05, 0.1) is 6.61 Å². The lowest BCUT2D eigenvalue weighted by Gasteiger charge is -2.03. The van der Waals surface area contributed by atoms with Crippen molar-refractivity contribution in [2.24, 2.45) is 5.92 Å². The van der Waals surface area contributed by atoms with Crippen LogP contribution in [0, 0.1) is 5.92 Å². The quantitative estimate of drug-likeness (QED) is 0.545. The van der Waals surface area contributed by atoms with Crippen molar-refractivity contribution in [2.75, 3.05) is 18.1 Å². The summed E-state index contributed by atoms with van der Waals surface area (Å²) in [6, 6.07) is 0. The number of unbranched alkanes of at least 4 members (excludes halogenated alkanes) is 2. The highest BCUT2D eigenvalue weighted by molar-refractivity contribution is 7.99. The molecule has 0 aromatic heterocycles. The monoisotopic (exact) mass is 175 g/mol. The maximum absolute atomic E-state index is 10.1. The van der Waals surface area contributed by atoms with Crippen LogP contribution >= 0.6 is 11.8 Å². The lowest BCUT2D eigenvalue weighted by Crippen LogP contribution is -1.92. The van der Waals surface area contributed by atoms with Crippen molar-refractivity contribution in [3.63, 3.8) is 0 Å². The molecule has 0 spiro atoms. The molecule has 67 valence electrons. The molecule has 0 fully saturated rings. The third-order valence-corrected chi connectivity index (χ3v) is 2.86. The third kappa shape index (κ3) is 10.3. The van der Waals surface area contributed by atoms with Crippen LogP contribution in [0.5, 0.6) is 0 Å². The highest BCUT2D eigenvalue weighted by Crippen LogP contribution is 2.10. The standard InChI is InChI=1S/C9H19OS/c1-9(2)8-11-7-5-3-4-6-10/h9H,3-8H2,1-2H3. The topological polar surface area (TPSA) is 19.9 Å². The number of hydrogen-bond acceptors (Lipinski definition) is 1. The van der Waals surface area contributed by atoms with Crippen molar-refractivity contribution in [1.29, 1.82) is 0 Å². The Morgan fingerprint density at radius 1 is 1.18 bits per heavy atom. The Hall–Kier alpha value is 0.310. The fraction of sp³-hybridized carbons (Fsp3) is 1.00. The van der Waals surface area contributed by atoms with Crippen LogP contribution in [-0.4, -0.2) is 18.1 Å². The summed E-state index contributed by atoms with van der Waals surface area (Å²) in [6.07, 6.45) is 3.20. The molecule has 0 amide bonds. The van der Waals surface area contributed by atoms with Gasteiger partial charge in [-0.1, -0.05) is 20.3 Å². The number of hydrogen-bond donors (Lipinski definition) is 0. The Balaban J connectivity index is 2.80.